The van der Waals surface area contributed by atoms with Crippen LogP contribution in [0.5, 0.6) is 11.5 Å². The average molecular weight is 512 g/mol. The minimum atomic E-state index is 0.559. The Hall–Kier alpha value is -1.52. The molecule has 0 radical (unpaired) electrons. The number of nitriles is 1. The van der Waals surface area contributed by atoms with E-state index < -0.39 is 0 Å². The molecule has 25 heavy (non-hydrogen) atoms. The molecule has 0 amide bonds. The summed E-state index contributed by atoms with van der Waals surface area (Å²) in [6.07, 6.45) is 2.81. The summed E-state index contributed by atoms with van der Waals surface area (Å²) in [4.78, 5) is 0. The molecule has 2 aromatic carbocycles. The van der Waals surface area contributed by atoms with Crippen molar-refractivity contribution in [3.05, 3.63) is 55.6 Å². The molecule has 5 heteroatoms. The van der Waals surface area contributed by atoms with Crippen LogP contribution in [-0.2, 0) is 0 Å². The molecule has 0 saturated carbocycles. The Morgan fingerprint density at radius 3 is 2.52 bits per heavy atom. The Labute approximate surface area is 170 Å². The summed E-state index contributed by atoms with van der Waals surface area (Å²) in [5, 5.41) is 9.53. The van der Waals surface area contributed by atoms with Gasteiger partial charge in [0.25, 0.3) is 0 Å². The van der Waals surface area contributed by atoms with Crippen molar-refractivity contribution in [2.75, 3.05) is 13.2 Å². The Balaban J connectivity index is 2.43. The van der Waals surface area contributed by atoms with Crippen LogP contribution in [0.3, 0.4) is 0 Å². The molecule has 2 aromatic rings. The summed E-state index contributed by atoms with van der Waals surface area (Å²) in [5.74, 6) is 1.48. The summed E-state index contributed by atoms with van der Waals surface area (Å²) in [6, 6.07) is 13.9. The fourth-order valence-electron chi connectivity index (χ4n) is 2.25. The molecule has 0 aliphatic carbocycles. The zero-order chi connectivity index (χ0) is 18.2. The maximum absolute atomic E-state index is 9.53. The SMILES string of the molecule is CCCOc1c(I)cc(/C=C(\C#N)c2ccc(Br)cc2)cc1OCC. The molecule has 0 unspecified atom stereocenters. The average Bonchev–Trinajstić information content (AvgIpc) is 2.60. The first kappa shape index (κ1) is 19.8. The van der Waals surface area contributed by atoms with Crippen LogP contribution in [0.2, 0.25) is 0 Å². The number of rotatable bonds is 7. The van der Waals surface area contributed by atoms with Crippen molar-refractivity contribution in [1.82, 2.24) is 0 Å². The van der Waals surface area contributed by atoms with Gasteiger partial charge in [-0.05, 0) is 77.4 Å². The summed E-state index contributed by atoms with van der Waals surface area (Å²) in [7, 11) is 0. The van der Waals surface area contributed by atoms with Gasteiger partial charge in [0, 0.05) is 4.47 Å². The second-order valence-corrected chi connectivity index (χ2v) is 7.37. The highest BCUT2D eigenvalue weighted by molar-refractivity contribution is 14.1. The fraction of sp³-hybridized carbons (Fsp3) is 0.250. The topological polar surface area (TPSA) is 42.2 Å². The fourth-order valence-corrected chi connectivity index (χ4v) is 3.30. The number of hydrogen-bond acceptors (Lipinski definition) is 3. The van der Waals surface area contributed by atoms with E-state index in [1.807, 2.05) is 49.4 Å². The molecule has 0 aliphatic rings. The molecule has 0 fully saturated rings. The second-order valence-electron chi connectivity index (χ2n) is 5.29. The van der Waals surface area contributed by atoms with Crippen molar-refractivity contribution in [3.63, 3.8) is 0 Å². The predicted molar refractivity (Wildman–Crippen MR) is 114 cm³/mol. The van der Waals surface area contributed by atoms with Crippen molar-refractivity contribution >= 4 is 50.2 Å². The standard InChI is InChI=1S/C20H19BrINO2/c1-3-9-25-20-18(22)11-14(12-19(20)24-4-2)10-16(13-23)15-5-7-17(21)8-6-15/h5-8,10-12H,3-4,9H2,1-2H3/b16-10+. The summed E-state index contributed by atoms with van der Waals surface area (Å²) >= 11 is 5.66. The van der Waals surface area contributed by atoms with Crippen molar-refractivity contribution in [2.24, 2.45) is 0 Å². The molecule has 0 atom stereocenters. The van der Waals surface area contributed by atoms with Gasteiger partial charge in [-0.1, -0.05) is 35.0 Å². The second kappa shape index (κ2) is 9.83. The van der Waals surface area contributed by atoms with Crippen LogP contribution in [0, 0.1) is 14.9 Å². The summed E-state index contributed by atoms with van der Waals surface area (Å²) in [5.41, 5.74) is 2.40. The van der Waals surface area contributed by atoms with Gasteiger partial charge < -0.3 is 9.47 Å². The third kappa shape index (κ3) is 5.48. The van der Waals surface area contributed by atoms with E-state index in [1.54, 1.807) is 0 Å². The van der Waals surface area contributed by atoms with Gasteiger partial charge in [-0.2, -0.15) is 5.26 Å². The van der Waals surface area contributed by atoms with Gasteiger partial charge in [-0.15, -0.1) is 0 Å². The number of ether oxygens (including phenoxy) is 2. The molecular formula is C20H19BrINO2. The summed E-state index contributed by atoms with van der Waals surface area (Å²) < 4.78 is 13.5. The van der Waals surface area contributed by atoms with E-state index in [0.29, 0.717) is 24.5 Å². The van der Waals surface area contributed by atoms with Crippen LogP contribution < -0.4 is 9.47 Å². The van der Waals surface area contributed by atoms with Crippen molar-refractivity contribution in [3.8, 4) is 17.6 Å². The molecule has 0 aromatic heterocycles. The molecule has 0 heterocycles. The van der Waals surface area contributed by atoms with Gasteiger partial charge in [0.15, 0.2) is 11.5 Å². The lowest BCUT2D eigenvalue weighted by atomic mass is 10.0. The van der Waals surface area contributed by atoms with Gasteiger partial charge in [-0.3, -0.25) is 0 Å². The number of hydrogen-bond donors (Lipinski definition) is 0. The van der Waals surface area contributed by atoms with Crippen LogP contribution in [0.1, 0.15) is 31.4 Å². The number of nitrogens with zero attached hydrogens (tertiary/aromatic N) is 1. The third-order valence-electron chi connectivity index (χ3n) is 3.37. The van der Waals surface area contributed by atoms with Crippen LogP contribution in [0.15, 0.2) is 40.9 Å². The number of allylic oxidation sites excluding steroid dienone is 1. The highest BCUT2D eigenvalue weighted by Gasteiger charge is 2.12. The van der Waals surface area contributed by atoms with Crippen LogP contribution >= 0.6 is 38.5 Å². The maximum atomic E-state index is 9.53. The molecular weight excluding hydrogens is 493 g/mol. The van der Waals surface area contributed by atoms with E-state index in [9.17, 15) is 5.26 Å². The highest BCUT2D eigenvalue weighted by Crippen LogP contribution is 2.35. The quantitative estimate of drug-likeness (QED) is 0.248. The normalized spacial score (nSPS) is 11.1. The van der Waals surface area contributed by atoms with E-state index in [2.05, 4.69) is 51.5 Å². The Morgan fingerprint density at radius 2 is 1.92 bits per heavy atom. The molecule has 130 valence electrons. The molecule has 0 N–H and O–H groups in total. The Morgan fingerprint density at radius 1 is 1.20 bits per heavy atom. The number of halogens is 2. The first-order chi connectivity index (χ1) is 12.1. The van der Waals surface area contributed by atoms with Crippen LogP contribution in [0.4, 0.5) is 0 Å². The van der Waals surface area contributed by atoms with Crippen molar-refractivity contribution in [1.29, 1.82) is 5.26 Å². The molecule has 0 aliphatic heterocycles. The molecule has 0 spiro atoms. The third-order valence-corrected chi connectivity index (χ3v) is 4.70. The van der Waals surface area contributed by atoms with Gasteiger partial charge in [0.1, 0.15) is 0 Å². The molecule has 0 bridgehead atoms. The lowest BCUT2D eigenvalue weighted by Gasteiger charge is -2.14. The number of benzene rings is 2. The van der Waals surface area contributed by atoms with Gasteiger partial charge in [0.05, 0.1) is 28.4 Å². The monoisotopic (exact) mass is 511 g/mol. The molecule has 3 nitrogen and oxygen atoms in total. The van der Waals surface area contributed by atoms with E-state index >= 15 is 0 Å². The zero-order valence-electron chi connectivity index (χ0n) is 14.2. The van der Waals surface area contributed by atoms with Crippen LogP contribution in [0.25, 0.3) is 11.6 Å². The zero-order valence-corrected chi connectivity index (χ0v) is 17.9. The lowest BCUT2D eigenvalue weighted by Crippen LogP contribution is -2.02. The lowest BCUT2D eigenvalue weighted by molar-refractivity contribution is 0.275. The summed E-state index contributed by atoms with van der Waals surface area (Å²) in [6.45, 7) is 5.22. The van der Waals surface area contributed by atoms with E-state index in [0.717, 1.165) is 31.3 Å². The van der Waals surface area contributed by atoms with Gasteiger partial charge in [-0.25, -0.2) is 0 Å². The molecule has 0 saturated heterocycles. The minimum Gasteiger partial charge on any atom is -0.490 e. The first-order valence-electron chi connectivity index (χ1n) is 8.05. The van der Waals surface area contributed by atoms with Crippen molar-refractivity contribution in [2.45, 2.75) is 20.3 Å². The van der Waals surface area contributed by atoms with Gasteiger partial charge >= 0.3 is 0 Å². The minimum absolute atomic E-state index is 0.559. The maximum Gasteiger partial charge on any atom is 0.174 e. The van der Waals surface area contributed by atoms with Crippen LogP contribution in [-0.4, -0.2) is 13.2 Å². The first-order valence-corrected chi connectivity index (χ1v) is 9.93. The predicted octanol–water partition coefficient (Wildman–Crippen LogP) is 6.31. The highest BCUT2D eigenvalue weighted by atomic mass is 127. The van der Waals surface area contributed by atoms with Crippen molar-refractivity contribution < 1.29 is 9.47 Å². The van der Waals surface area contributed by atoms with Gasteiger partial charge in [0.2, 0.25) is 0 Å². The smallest absolute Gasteiger partial charge is 0.174 e. The molecule has 2 rings (SSSR count). The van der Waals surface area contributed by atoms with E-state index in [1.165, 1.54) is 0 Å². The van der Waals surface area contributed by atoms with E-state index in [-0.39, 0.29) is 0 Å². The Bertz CT molecular complexity index is 795. The van der Waals surface area contributed by atoms with E-state index in [4.69, 9.17) is 9.47 Å². The largest absolute Gasteiger partial charge is 0.490 e. The Kier molecular flexibility index (Phi) is 7.79.